The number of hydrogen-bond acceptors (Lipinski definition) is 6. The molecule has 6 nitrogen and oxygen atoms in total. The summed E-state index contributed by atoms with van der Waals surface area (Å²) in [5.74, 6) is 1.51. The molecule has 1 rings (SSSR count). The van der Waals surface area contributed by atoms with Gasteiger partial charge in [-0.15, -0.1) is 0 Å². The first-order chi connectivity index (χ1) is 11.2. The predicted octanol–water partition coefficient (Wildman–Crippen LogP) is 2.83. The molecule has 0 saturated carbocycles. The zero-order chi connectivity index (χ0) is 16.9. The number of ether oxygens (including phenoxy) is 5. The van der Waals surface area contributed by atoms with Gasteiger partial charge in [0, 0.05) is 12.7 Å². The molecule has 6 heteroatoms. The van der Waals surface area contributed by atoms with Gasteiger partial charge in [0.15, 0.2) is 11.5 Å². The average Bonchev–Trinajstić information content (AvgIpc) is 2.58. The maximum absolute atomic E-state index is 11.0. The minimum absolute atomic E-state index is 0.201. The number of esters is 1. The van der Waals surface area contributed by atoms with E-state index in [-0.39, 0.29) is 19.0 Å². The van der Waals surface area contributed by atoms with E-state index in [9.17, 15) is 4.79 Å². The van der Waals surface area contributed by atoms with Crippen LogP contribution < -0.4 is 14.2 Å². The van der Waals surface area contributed by atoms with Crippen LogP contribution in [0.15, 0.2) is 18.2 Å². The summed E-state index contributed by atoms with van der Waals surface area (Å²) in [4.78, 5) is 11.0. The summed E-state index contributed by atoms with van der Waals surface area (Å²) >= 11 is 0. The highest BCUT2D eigenvalue weighted by molar-refractivity contribution is 5.69. The Morgan fingerprint density at radius 3 is 2.52 bits per heavy atom. The molecule has 0 aromatic heterocycles. The minimum Gasteiger partial charge on any atom is -0.493 e. The fraction of sp³-hybridized carbons (Fsp3) is 0.588. The molecule has 0 amide bonds. The topological polar surface area (TPSA) is 63.2 Å². The maximum Gasteiger partial charge on any atom is 0.308 e. The zero-order valence-electron chi connectivity index (χ0n) is 14.1. The Hall–Kier alpha value is -1.95. The van der Waals surface area contributed by atoms with Crippen LogP contribution in [-0.2, 0) is 14.3 Å². The Labute approximate surface area is 137 Å². The van der Waals surface area contributed by atoms with Gasteiger partial charge in [0.1, 0.15) is 12.4 Å². The standard InChI is InChI=1S/C17H26O6/c1-4-5-9-21-11-12-23-15-7-6-14(13-16(15)19-2)22-10-8-17(18)20-3/h6-7,13H,4-5,8-12H2,1-3H3. The molecule has 0 radical (unpaired) electrons. The van der Waals surface area contributed by atoms with Crippen LogP contribution >= 0.6 is 0 Å². The third-order valence-corrected chi connectivity index (χ3v) is 3.07. The molecule has 0 saturated heterocycles. The minimum atomic E-state index is -0.306. The van der Waals surface area contributed by atoms with Gasteiger partial charge in [-0.3, -0.25) is 4.79 Å². The van der Waals surface area contributed by atoms with E-state index in [0.29, 0.717) is 30.5 Å². The summed E-state index contributed by atoms with van der Waals surface area (Å²) in [5, 5.41) is 0. The number of carbonyl (C=O) groups excluding carboxylic acids is 1. The number of carbonyl (C=O) groups is 1. The molecular formula is C17H26O6. The van der Waals surface area contributed by atoms with Crippen molar-refractivity contribution in [1.29, 1.82) is 0 Å². The summed E-state index contributed by atoms with van der Waals surface area (Å²) < 4.78 is 26.4. The molecule has 0 heterocycles. The number of rotatable bonds is 12. The highest BCUT2D eigenvalue weighted by atomic mass is 16.5. The lowest BCUT2D eigenvalue weighted by molar-refractivity contribution is -0.141. The SMILES string of the molecule is CCCCOCCOc1ccc(OCCC(=O)OC)cc1OC. The third-order valence-electron chi connectivity index (χ3n) is 3.07. The second-order valence-corrected chi connectivity index (χ2v) is 4.80. The van der Waals surface area contributed by atoms with Gasteiger partial charge in [0.05, 0.1) is 33.9 Å². The van der Waals surface area contributed by atoms with Crippen molar-refractivity contribution in [2.24, 2.45) is 0 Å². The molecule has 23 heavy (non-hydrogen) atoms. The van der Waals surface area contributed by atoms with E-state index in [0.717, 1.165) is 19.4 Å². The van der Waals surface area contributed by atoms with E-state index in [4.69, 9.17) is 18.9 Å². The first kappa shape index (κ1) is 19.1. The van der Waals surface area contributed by atoms with Gasteiger partial charge in [-0.05, 0) is 18.6 Å². The van der Waals surface area contributed by atoms with Crippen molar-refractivity contribution < 1.29 is 28.5 Å². The summed E-state index contributed by atoms with van der Waals surface area (Å²) in [5.41, 5.74) is 0. The van der Waals surface area contributed by atoms with Crippen molar-refractivity contribution in [3.05, 3.63) is 18.2 Å². The summed E-state index contributed by atoms with van der Waals surface area (Å²) in [6.07, 6.45) is 2.37. The first-order valence-corrected chi connectivity index (χ1v) is 7.79. The monoisotopic (exact) mass is 326 g/mol. The lowest BCUT2D eigenvalue weighted by Crippen LogP contribution is -2.09. The smallest absolute Gasteiger partial charge is 0.308 e. The van der Waals surface area contributed by atoms with Crippen LogP contribution in [0.5, 0.6) is 17.2 Å². The molecular weight excluding hydrogens is 300 g/mol. The fourth-order valence-electron chi connectivity index (χ4n) is 1.77. The summed E-state index contributed by atoms with van der Waals surface area (Å²) in [7, 11) is 2.92. The Morgan fingerprint density at radius 2 is 1.83 bits per heavy atom. The first-order valence-electron chi connectivity index (χ1n) is 7.79. The number of methoxy groups -OCH3 is 2. The third kappa shape index (κ3) is 7.74. The molecule has 0 aliphatic rings. The molecule has 0 unspecified atom stereocenters. The highest BCUT2D eigenvalue weighted by Gasteiger charge is 2.07. The average molecular weight is 326 g/mol. The Kier molecular flexibility index (Phi) is 9.63. The molecule has 0 atom stereocenters. The number of benzene rings is 1. The Bertz CT molecular complexity index is 460. The molecule has 0 N–H and O–H groups in total. The van der Waals surface area contributed by atoms with Crippen molar-refractivity contribution in [3.8, 4) is 17.2 Å². The van der Waals surface area contributed by atoms with Crippen molar-refractivity contribution in [1.82, 2.24) is 0 Å². The predicted molar refractivity (Wildman–Crippen MR) is 86.3 cm³/mol. The van der Waals surface area contributed by atoms with E-state index in [1.165, 1.54) is 7.11 Å². The van der Waals surface area contributed by atoms with E-state index in [1.54, 1.807) is 25.3 Å². The van der Waals surface area contributed by atoms with Gasteiger partial charge in [-0.1, -0.05) is 13.3 Å². The van der Waals surface area contributed by atoms with Crippen molar-refractivity contribution in [3.63, 3.8) is 0 Å². The Balaban J connectivity index is 2.41. The molecule has 0 aliphatic heterocycles. The lowest BCUT2D eigenvalue weighted by atomic mass is 10.3. The molecule has 1 aromatic rings. The lowest BCUT2D eigenvalue weighted by Gasteiger charge is -2.13. The molecule has 0 fully saturated rings. The van der Waals surface area contributed by atoms with Crippen LogP contribution in [0.25, 0.3) is 0 Å². The van der Waals surface area contributed by atoms with Gasteiger partial charge >= 0.3 is 5.97 Å². The van der Waals surface area contributed by atoms with E-state index < -0.39 is 0 Å². The number of unbranched alkanes of at least 4 members (excludes halogenated alkanes) is 1. The van der Waals surface area contributed by atoms with Crippen LogP contribution in [0.2, 0.25) is 0 Å². The summed E-state index contributed by atoms with van der Waals surface area (Å²) in [6.45, 7) is 4.13. The highest BCUT2D eigenvalue weighted by Crippen LogP contribution is 2.31. The van der Waals surface area contributed by atoms with Gasteiger partial charge in [0.2, 0.25) is 0 Å². The normalized spacial score (nSPS) is 10.2. The van der Waals surface area contributed by atoms with E-state index >= 15 is 0 Å². The van der Waals surface area contributed by atoms with Crippen LogP contribution in [-0.4, -0.2) is 46.6 Å². The molecule has 130 valence electrons. The van der Waals surface area contributed by atoms with Crippen LogP contribution in [0.4, 0.5) is 0 Å². The second-order valence-electron chi connectivity index (χ2n) is 4.80. The molecule has 1 aromatic carbocycles. The van der Waals surface area contributed by atoms with Crippen molar-refractivity contribution >= 4 is 5.97 Å². The van der Waals surface area contributed by atoms with Crippen LogP contribution in [0.1, 0.15) is 26.2 Å². The molecule has 0 spiro atoms. The summed E-state index contributed by atoms with van der Waals surface area (Å²) in [6, 6.07) is 5.27. The number of hydrogen-bond donors (Lipinski definition) is 0. The van der Waals surface area contributed by atoms with Gasteiger partial charge in [-0.25, -0.2) is 0 Å². The van der Waals surface area contributed by atoms with E-state index in [2.05, 4.69) is 11.7 Å². The molecule has 0 bridgehead atoms. The quantitative estimate of drug-likeness (QED) is 0.435. The van der Waals surface area contributed by atoms with Gasteiger partial charge < -0.3 is 23.7 Å². The van der Waals surface area contributed by atoms with Crippen LogP contribution in [0.3, 0.4) is 0 Å². The van der Waals surface area contributed by atoms with Crippen LogP contribution in [0, 0.1) is 0 Å². The van der Waals surface area contributed by atoms with Crippen molar-refractivity contribution in [2.75, 3.05) is 40.6 Å². The Morgan fingerprint density at radius 1 is 1.00 bits per heavy atom. The van der Waals surface area contributed by atoms with Gasteiger partial charge in [0.25, 0.3) is 0 Å². The zero-order valence-corrected chi connectivity index (χ0v) is 14.1. The maximum atomic E-state index is 11.0. The van der Waals surface area contributed by atoms with Gasteiger partial charge in [-0.2, -0.15) is 0 Å². The van der Waals surface area contributed by atoms with Crippen molar-refractivity contribution in [2.45, 2.75) is 26.2 Å². The second kappa shape index (κ2) is 11.6. The largest absolute Gasteiger partial charge is 0.493 e. The fourth-order valence-corrected chi connectivity index (χ4v) is 1.77. The molecule has 0 aliphatic carbocycles. The van der Waals surface area contributed by atoms with E-state index in [1.807, 2.05) is 0 Å².